The monoisotopic (exact) mass is 695 g/mol. The zero-order valence-corrected chi connectivity index (χ0v) is 29.8. The summed E-state index contributed by atoms with van der Waals surface area (Å²) in [4.78, 5) is 39.9. The summed E-state index contributed by atoms with van der Waals surface area (Å²) in [6.07, 6.45) is 0.904. The molecule has 4 aromatic carbocycles. The molecule has 0 spiro atoms. The molecule has 270 valence electrons. The Morgan fingerprint density at radius 2 is 1.14 bits per heavy atom. The number of amides is 3. The van der Waals surface area contributed by atoms with Gasteiger partial charge in [-0.05, 0) is 74.9 Å². The van der Waals surface area contributed by atoms with Gasteiger partial charge in [-0.15, -0.1) is 0 Å². The first kappa shape index (κ1) is 38.3. The quantitative estimate of drug-likeness (QED) is 0.102. The van der Waals surface area contributed by atoms with Gasteiger partial charge in [-0.1, -0.05) is 91.0 Å². The first-order chi connectivity index (χ1) is 24.7. The number of benzene rings is 4. The number of hydrogen-bond donors (Lipinski definition) is 2. The van der Waals surface area contributed by atoms with E-state index in [0.717, 1.165) is 16.7 Å². The Kier molecular flexibility index (Phi) is 15.2. The summed E-state index contributed by atoms with van der Waals surface area (Å²) in [7, 11) is 0. The number of alkyl carbamates (subject to hydrolysis) is 1. The zero-order valence-electron chi connectivity index (χ0n) is 29.8. The first-order valence-corrected chi connectivity index (χ1v) is 17.3. The molecule has 3 amide bonds. The normalized spacial score (nSPS) is 10.9. The summed E-state index contributed by atoms with van der Waals surface area (Å²) in [6, 6.07) is 34.3. The second-order valence-corrected chi connectivity index (χ2v) is 13.0. The molecule has 4 rings (SSSR count). The largest absolute Gasteiger partial charge is 0.485 e. The second-order valence-electron chi connectivity index (χ2n) is 13.0. The van der Waals surface area contributed by atoms with Gasteiger partial charge in [0.1, 0.15) is 25.4 Å². The van der Waals surface area contributed by atoms with E-state index in [1.807, 2.05) is 112 Å². The first-order valence-electron chi connectivity index (χ1n) is 17.3. The molecule has 0 bridgehead atoms. The Hall–Kier alpha value is -5.51. The van der Waals surface area contributed by atoms with Gasteiger partial charge in [-0.2, -0.15) is 0 Å². The van der Waals surface area contributed by atoms with E-state index in [1.165, 1.54) is 0 Å². The average Bonchev–Trinajstić information content (AvgIpc) is 3.13. The minimum absolute atomic E-state index is 0.160. The molecule has 2 N–H and O–H groups in total. The third kappa shape index (κ3) is 14.5. The van der Waals surface area contributed by atoms with Crippen molar-refractivity contribution in [3.05, 3.63) is 131 Å². The molecular weight excluding hydrogens is 646 g/mol. The summed E-state index contributed by atoms with van der Waals surface area (Å²) in [6.45, 7) is 7.85. The third-order valence-electron chi connectivity index (χ3n) is 7.56. The van der Waals surface area contributed by atoms with Gasteiger partial charge in [0.15, 0.2) is 11.5 Å². The number of unbranched alkanes of at least 4 members (excludes halogenated alkanes) is 1. The molecule has 0 fully saturated rings. The van der Waals surface area contributed by atoms with Crippen LogP contribution in [-0.4, -0.2) is 54.8 Å². The van der Waals surface area contributed by atoms with Crippen LogP contribution in [0.5, 0.6) is 11.5 Å². The van der Waals surface area contributed by atoms with Crippen LogP contribution in [0.15, 0.2) is 109 Å². The highest BCUT2D eigenvalue weighted by molar-refractivity contribution is 5.94. The maximum absolute atomic E-state index is 13.2. The molecule has 0 atom stereocenters. The highest BCUT2D eigenvalue weighted by atomic mass is 16.6. The molecule has 0 aliphatic heterocycles. The van der Waals surface area contributed by atoms with Crippen molar-refractivity contribution in [3.8, 4) is 11.5 Å². The van der Waals surface area contributed by atoms with Gasteiger partial charge in [0.2, 0.25) is 0 Å². The molecule has 0 heterocycles. The van der Waals surface area contributed by atoms with E-state index in [1.54, 1.807) is 23.1 Å². The number of ether oxygens (including phenoxy) is 4. The minimum atomic E-state index is -0.572. The summed E-state index contributed by atoms with van der Waals surface area (Å²) >= 11 is 0. The zero-order chi connectivity index (χ0) is 36.3. The SMILES string of the molecule is CC(C)(C)OC(=O)NCCCCN(CCCNC(=O)c1ccc(OCc2ccccc2)c(OCc2ccccc2)c1)C(=O)OCc1ccccc1. The average molecular weight is 696 g/mol. The maximum Gasteiger partial charge on any atom is 0.410 e. The van der Waals surface area contributed by atoms with E-state index >= 15 is 0 Å². The second kappa shape index (κ2) is 20.2. The molecule has 10 nitrogen and oxygen atoms in total. The highest BCUT2D eigenvalue weighted by Crippen LogP contribution is 2.30. The predicted molar refractivity (Wildman–Crippen MR) is 197 cm³/mol. The topological polar surface area (TPSA) is 115 Å². The molecule has 51 heavy (non-hydrogen) atoms. The molecule has 4 aromatic rings. The van der Waals surface area contributed by atoms with Crippen molar-refractivity contribution in [2.45, 2.75) is 65.5 Å². The number of nitrogens with one attached hydrogen (secondary N) is 2. The Morgan fingerprint density at radius 3 is 1.73 bits per heavy atom. The van der Waals surface area contributed by atoms with Gasteiger partial charge in [0.25, 0.3) is 5.91 Å². The van der Waals surface area contributed by atoms with Crippen LogP contribution >= 0.6 is 0 Å². The minimum Gasteiger partial charge on any atom is -0.485 e. The number of nitrogens with zero attached hydrogens (tertiary/aromatic N) is 1. The van der Waals surface area contributed by atoms with Crippen LogP contribution in [0.4, 0.5) is 9.59 Å². The smallest absolute Gasteiger partial charge is 0.410 e. The fourth-order valence-corrected chi connectivity index (χ4v) is 4.96. The maximum atomic E-state index is 13.2. The number of carbonyl (C=O) groups excluding carboxylic acids is 3. The van der Waals surface area contributed by atoms with Crippen molar-refractivity contribution in [2.75, 3.05) is 26.2 Å². The predicted octanol–water partition coefficient (Wildman–Crippen LogP) is 7.91. The molecule has 0 aliphatic rings. The van der Waals surface area contributed by atoms with Gasteiger partial charge in [-0.3, -0.25) is 4.79 Å². The molecule has 0 saturated carbocycles. The van der Waals surface area contributed by atoms with Crippen molar-refractivity contribution in [1.29, 1.82) is 0 Å². The van der Waals surface area contributed by atoms with Crippen LogP contribution < -0.4 is 20.1 Å². The van der Waals surface area contributed by atoms with Crippen molar-refractivity contribution in [1.82, 2.24) is 15.5 Å². The van der Waals surface area contributed by atoms with Crippen molar-refractivity contribution in [2.24, 2.45) is 0 Å². The van der Waals surface area contributed by atoms with E-state index in [4.69, 9.17) is 18.9 Å². The van der Waals surface area contributed by atoms with Gasteiger partial charge >= 0.3 is 12.2 Å². The lowest BCUT2D eigenvalue weighted by molar-refractivity contribution is 0.0525. The Morgan fingerprint density at radius 1 is 0.608 bits per heavy atom. The summed E-state index contributed by atoms with van der Waals surface area (Å²) in [5.41, 5.74) is 2.76. The van der Waals surface area contributed by atoms with E-state index in [9.17, 15) is 14.4 Å². The molecule has 0 unspecified atom stereocenters. The Bertz CT molecular complexity index is 1640. The molecule has 10 heteroatoms. The van der Waals surface area contributed by atoms with Crippen molar-refractivity contribution < 1.29 is 33.3 Å². The summed E-state index contributed by atoms with van der Waals surface area (Å²) in [5, 5.41) is 5.71. The lowest BCUT2D eigenvalue weighted by Crippen LogP contribution is -2.36. The van der Waals surface area contributed by atoms with Crippen molar-refractivity contribution in [3.63, 3.8) is 0 Å². The van der Waals surface area contributed by atoms with E-state index in [-0.39, 0.29) is 12.5 Å². The van der Waals surface area contributed by atoms with Crippen LogP contribution in [-0.2, 0) is 29.3 Å². The summed E-state index contributed by atoms with van der Waals surface area (Å²) in [5.74, 6) is 0.744. The molecule has 0 aliphatic carbocycles. The number of rotatable bonds is 18. The van der Waals surface area contributed by atoms with Gasteiger partial charge in [-0.25, -0.2) is 9.59 Å². The van der Waals surface area contributed by atoms with E-state index in [2.05, 4.69) is 10.6 Å². The fraction of sp³-hybridized carbons (Fsp3) is 0.341. The standard InChI is InChI=1S/C41H49N3O7/c1-41(2,3)51-39(46)43-24-13-14-26-44(40(47)50-31-34-20-11-6-12-21-34)27-15-25-42-38(45)35-22-23-36(48-29-32-16-7-4-8-17-32)37(28-35)49-30-33-18-9-5-10-19-33/h4-12,16-23,28H,13-15,24-27,29-31H2,1-3H3,(H,42,45)(H,43,46). The van der Waals surface area contributed by atoms with Crippen LogP contribution in [0.3, 0.4) is 0 Å². The highest BCUT2D eigenvalue weighted by Gasteiger charge is 2.18. The summed E-state index contributed by atoms with van der Waals surface area (Å²) < 4.78 is 23.1. The number of hydrogen-bond acceptors (Lipinski definition) is 7. The Labute approximate surface area is 301 Å². The molecule has 0 aromatic heterocycles. The van der Waals surface area contributed by atoms with Crippen LogP contribution in [0.2, 0.25) is 0 Å². The molecule has 0 saturated heterocycles. The van der Waals surface area contributed by atoms with Crippen LogP contribution in [0.25, 0.3) is 0 Å². The third-order valence-corrected chi connectivity index (χ3v) is 7.56. The van der Waals surface area contributed by atoms with Gasteiger partial charge in [0.05, 0.1) is 0 Å². The lowest BCUT2D eigenvalue weighted by Gasteiger charge is -2.23. The van der Waals surface area contributed by atoms with Crippen LogP contribution in [0.1, 0.15) is 67.1 Å². The van der Waals surface area contributed by atoms with Gasteiger partial charge in [0, 0.05) is 31.7 Å². The fourth-order valence-electron chi connectivity index (χ4n) is 4.96. The number of carbonyl (C=O) groups is 3. The van der Waals surface area contributed by atoms with Crippen LogP contribution in [0, 0.1) is 0 Å². The van der Waals surface area contributed by atoms with E-state index < -0.39 is 17.8 Å². The Balaban J connectivity index is 1.31. The molecular formula is C41H49N3O7. The lowest BCUT2D eigenvalue weighted by atomic mass is 10.1. The van der Waals surface area contributed by atoms with Gasteiger partial charge < -0.3 is 34.5 Å². The molecule has 0 radical (unpaired) electrons. The van der Waals surface area contributed by atoms with Crippen molar-refractivity contribution >= 4 is 18.1 Å². The van der Waals surface area contributed by atoms with E-state index in [0.29, 0.717) is 75.7 Å².